The Bertz CT molecular complexity index is 974. The van der Waals surface area contributed by atoms with Gasteiger partial charge in [0, 0.05) is 48.9 Å². The highest BCUT2D eigenvalue weighted by Gasteiger charge is 2.58. The van der Waals surface area contributed by atoms with Gasteiger partial charge in [0.15, 0.2) is 6.10 Å². The van der Waals surface area contributed by atoms with Crippen molar-refractivity contribution < 1.29 is 14.3 Å². The normalized spacial score (nSPS) is 20.0. The SMILES string of the molecule is Cc1cc(Cl)ccc1O[C@H](C)C(=O)N1CCC2(CC1)C[C@H]2C(=O)NCCc1ccccn1. The highest BCUT2D eigenvalue weighted by atomic mass is 35.5. The van der Waals surface area contributed by atoms with Crippen LogP contribution in [0, 0.1) is 18.3 Å². The molecule has 1 aromatic carbocycles. The van der Waals surface area contributed by atoms with Gasteiger partial charge in [0.25, 0.3) is 5.91 Å². The van der Waals surface area contributed by atoms with E-state index >= 15 is 0 Å². The Kier molecular flexibility index (Phi) is 6.70. The Morgan fingerprint density at radius 3 is 2.75 bits per heavy atom. The second-order valence-electron chi connectivity index (χ2n) is 8.98. The number of nitrogens with zero attached hydrogens (tertiary/aromatic N) is 2. The summed E-state index contributed by atoms with van der Waals surface area (Å²) in [6.45, 7) is 5.65. The molecule has 2 aliphatic rings. The highest BCUT2D eigenvalue weighted by molar-refractivity contribution is 6.30. The van der Waals surface area contributed by atoms with E-state index in [1.54, 1.807) is 25.3 Å². The summed E-state index contributed by atoms with van der Waals surface area (Å²) in [7, 11) is 0. The Morgan fingerprint density at radius 1 is 1.28 bits per heavy atom. The van der Waals surface area contributed by atoms with Crippen molar-refractivity contribution >= 4 is 23.4 Å². The molecule has 1 aliphatic heterocycles. The number of ether oxygens (including phenoxy) is 1. The zero-order chi connectivity index (χ0) is 22.7. The van der Waals surface area contributed by atoms with Crippen LogP contribution in [-0.2, 0) is 16.0 Å². The number of aryl methyl sites for hydroxylation is 1. The molecule has 7 heteroatoms. The number of carbonyl (C=O) groups is 2. The molecule has 170 valence electrons. The number of rotatable bonds is 7. The quantitative estimate of drug-likeness (QED) is 0.689. The third-order valence-electron chi connectivity index (χ3n) is 6.77. The van der Waals surface area contributed by atoms with Crippen molar-refractivity contribution in [1.29, 1.82) is 0 Å². The van der Waals surface area contributed by atoms with Gasteiger partial charge < -0.3 is 15.0 Å². The van der Waals surface area contributed by atoms with E-state index in [4.69, 9.17) is 16.3 Å². The van der Waals surface area contributed by atoms with Crippen molar-refractivity contribution in [2.75, 3.05) is 19.6 Å². The lowest BCUT2D eigenvalue weighted by Crippen LogP contribution is -2.46. The summed E-state index contributed by atoms with van der Waals surface area (Å²) in [6, 6.07) is 11.2. The minimum atomic E-state index is -0.561. The number of halogens is 1. The first kappa shape index (κ1) is 22.6. The first-order valence-corrected chi connectivity index (χ1v) is 11.6. The van der Waals surface area contributed by atoms with Crippen LogP contribution < -0.4 is 10.1 Å². The van der Waals surface area contributed by atoms with Crippen molar-refractivity contribution in [2.24, 2.45) is 11.3 Å². The van der Waals surface area contributed by atoms with Gasteiger partial charge >= 0.3 is 0 Å². The molecule has 1 saturated heterocycles. The molecule has 0 unspecified atom stereocenters. The average Bonchev–Trinajstić information content (AvgIpc) is 3.49. The maximum absolute atomic E-state index is 12.9. The topological polar surface area (TPSA) is 71.5 Å². The Morgan fingerprint density at radius 2 is 2.06 bits per heavy atom. The molecule has 2 amide bonds. The molecule has 0 bridgehead atoms. The molecular formula is C25H30ClN3O3. The van der Waals surface area contributed by atoms with Crippen molar-refractivity contribution in [1.82, 2.24) is 15.2 Å². The molecule has 2 aromatic rings. The minimum absolute atomic E-state index is 0.00814. The Balaban J connectivity index is 1.22. The van der Waals surface area contributed by atoms with Crippen LogP contribution in [0.25, 0.3) is 0 Å². The molecule has 2 atom stereocenters. The van der Waals surface area contributed by atoms with E-state index in [9.17, 15) is 9.59 Å². The Labute approximate surface area is 194 Å². The van der Waals surface area contributed by atoms with Crippen molar-refractivity contribution in [3.8, 4) is 5.75 Å². The van der Waals surface area contributed by atoms with Gasteiger partial charge in [-0.15, -0.1) is 0 Å². The standard InChI is InChI=1S/C25H30ClN3O3/c1-17-15-19(26)6-7-22(17)32-18(2)24(31)29-13-9-25(10-14-29)16-21(25)23(30)28-12-8-20-5-3-4-11-27-20/h3-7,11,15,18,21H,8-10,12-14,16H2,1-2H3,(H,28,30)/t18-,21+/m1/s1. The second-order valence-corrected chi connectivity index (χ2v) is 9.41. The number of hydrogen-bond donors (Lipinski definition) is 1. The number of hydrogen-bond acceptors (Lipinski definition) is 4. The molecule has 1 aromatic heterocycles. The van der Waals surface area contributed by atoms with Gasteiger partial charge in [-0.25, -0.2) is 0 Å². The summed E-state index contributed by atoms with van der Waals surface area (Å²) in [4.78, 5) is 31.7. The summed E-state index contributed by atoms with van der Waals surface area (Å²) in [5.41, 5.74) is 1.95. The van der Waals surface area contributed by atoms with Crippen LogP contribution in [0.2, 0.25) is 5.02 Å². The number of benzene rings is 1. The van der Waals surface area contributed by atoms with E-state index in [1.807, 2.05) is 36.1 Å². The van der Waals surface area contributed by atoms with E-state index in [1.165, 1.54) is 0 Å². The van der Waals surface area contributed by atoms with E-state index in [0.29, 0.717) is 30.4 Å². The van der Waals surface area contributed by atoms with Gasteiger partial charge in [-0.05, 0) is 74.4 Å². The van der Waals surface area contributed by atoms with Gasteiger partial charge in [-0.1, -0.05) is 17.7 Å². The largest absolute Gasteiger partial charge is 0.481 e. The third-order valence-corrected chi connectivity index (χ3v) is 7.01. The van der Waals surface area contributed by atoms with Gasteiger partial charge in [0.05, 0.1) is 0 Å². The molecule has 32 heavy (non-hydrogen) atoms. The lowest BCUT2D eigenvalue weighted by molar-refractivity contribution is -0.139. The van der Waals surface area contributed by atoms with Crippen LogP contribution in [0.4, 0.5) is 0 Å². The van der Waals surface area contributed by atoms with Gasteiger partial charge in [-0.2, -0.15) is 0 Å². The second kappa shape index (κ2) is 9.49. The molecular weight excluding hydrogens is 426 g/mol. The lowest BCUT2D eigenvalue weighted by atomic mass is 9.90. The zero-order valence-corrected chi connectivity index (χ0v) is 19.4. The van der Waals surface area contributed by atoms with E-state index in [-0.39, 0.29) is 23.1 Å². The van der Waals surface area contributed by atoms with Gasteiger partial charge in [0.1, 0.15) is 5.75 Å². The highest BCUT2D eigenvalue weighted by Crippen LogP contribution is 2.59. The molecule has 1 N–H and O–H groups in total. The van der Waals surface area contributed by atoms with E-state index in [2.05, 4.69) is 10.3 Å². The lowest BCUT2D eigenvalue weighted by Gasteiger charge is -2.34. The summed E-state index contributed by atoms with van der Waals surface area (Å²) >= 11 is 6.00. The first-order chi connectivity index (χ1) is 15.4. The van der Waals surface area contributed by atoms with Crippen LogP contribution in [0.15, 0.2) is 42.6 Å². The number of nitrogens with one attached hydrogen (secondary N) is 1. The average molecular weight is 456 g/mol. The van der Waals surface area contributed by atoms with Crippen LogP contribution in [0.3, 0.4) is 0 Å². The van der Waals surface area contributed by atoms with Crippen LogP contribution in [0.1, 0.15) is 37.4 Å². The molecule has 1 spiro atoms. The predicted molar refractivity (Wildman–Crippen MR) is 124 cm³/mol. The van der Waals surface area contributed by atoms with E-state index in [0.717, 1.165) is 36.9 Å². The molecule has 6 nitrogen and oxygen atoms in total. The number of piperidine rings is 1. The molecule has 0 radical (unpaired) electrons. The number of likely N-dealkylation sites (tertiary alicyclic amines) is 1. The predicted octanol–water partition coefficient (Wildman–Crippen LogP) is 3.80. The smallest absolute Gasteiger partial charge is 0.263 e. The molecule has 2 heterocycles. The van der Waals surface area contributed by atoms with Gasteiger partial charge in [-0.3, -0.25) is 14.6 Å². The van der Waals surface area contributed by atoms with Crippen LogP contribution >= 0.6 is 11.6 Å². The Hall–Kier alpha value is -2.60. The monoisotopic (exact) mass is 455 g/mol. The fraction of sp³-hybridized carbons (Fsp3) is 0.480. The first-order valence-electron chi connectivity index (χ1n) is 11.3. The van der Waals surface area contributed by atoms with Crippen molar-refractivity contribution in [3.63, 3.8) is 0 Å². The minimum Gasteiger partial charge on any atom is -0.481 e. The maximum atomic E-state index is 12.9. The van der Waals surface area contributed by atoms with Crippen molar-refractivity contribution in [3.05, 3.63) is 58.9 Å². The van der Waals surface area contributed by atoms with E-state index < -0.39 is 6.10 Å². The summed E-state index contributed by atoms with van der Waals surface area (Å²) in [6.07, 6.45) is 4.59. The van der Waals surface area contributed by atoms with Crippen LogP contribution in [0.5, 0.6) is 5.75 Å². The molecule has 1 saturated carbocycles. The number of amides is 2. The molecule has 4 rings (SSSR count). The fourth-order valence-corrected chi connectivity index (χ4v) is 4.90. The molecule has 1 aliphatic carbocycles. The fourth-order valence-electron chi connectivity index (χ4n) is 4.67. The summed E-state index contributed by atoms with van der Waals surface area (Å²) < 4.78 is 5.90. The van der Waals surface area contributed by atoms with Crippen molar-refractivity contribution in [2.45, 2.75) is 45.6 Å². The maximum Gasteiger partial charge on any atom is 0.263 e. The number of carbonyl (C=O) groups excluding carboxylic acids is 2. The van der Waals surface area contributed by atoms with Crippen LogP contribution in [-0.4, -0.2) is 47.4 Å². The van der Waals surface area contributed by atoms with Gasteiger partial charge in [0.2, 0.25) is 5.91 Å². The number of aromatic nitrogens is 1. The summed E-state index contributed by atoms with van der Waals surface area (Å²) in [5, 5.41) is 3.71. The summed E-state index contributed by atoms with van der Waals surface area (Å²) in [5.74, 6) is 0.865. The molecule has 2 fully saturated rings. The number of pyridine rings is 1. The zero-order valence-electron chi connectivity index (χ0n) is 18.6. The third kappa shape index (κ3) is 5.07.